The first kappa shape index (κ1) is 20.1. The lowest BCUT2D eigenvalue weighted by Crippen LogP contribution is -2.28. The van der Waals surface area contributed by atoms with Gasteiger partial charge in [0.05, 0.1) is 16.5 Å². The fourth-order valence-corrected chi connectivity index (χ4v) is 3.41. The van der Waals surface area contributed by atoms with Crippen molar-refractivity contribution in [1.29, 1.82) is 0 Å². The zero-order chi connectivity index (χ0) is 19.3. The van der Waals surface area contributed by atoms with E-state index in [4.69, 9.17) is 26.2 Å². The molecule has 2 amide bonds. The van der Waals surface area contributed by atoms with Gasteiger partial charge in [0.15, 0.2) is 18.1 Å². The van der Waals surface area contributed by atoms with E-state index in [0.717, 1.165) is 11.8 Å². The van der Waals surface area contributed by atoms with E-state index in [1.165, 1.54) is 11.0 Å². The Balaban J connectivity index is 2.34. The van der Waals surface area contributed by atoms with Gasteiger partial charge in [0, 0.05) is 6.54 Å². The van der Waals surface area contributed by atoms with Crippen LogP contribution in [0, 0.1) is 0 Å². The predicted molar refractivity (Wildman–Crippen MR) is 98.7 cm³/mol. The molecule has 1 aromatic carbocycles. The lowest BCUT2D eigenvalue weighted by atomic mass is 10.1. The number of imide groups is 1. The smallest absolute Gasteiger partial charge is 0.341 e. The number of amides is 2. The fraction of sp³-hybridized carbons (Fsp3) is 0.353. The molecule has 0 aliphatic carbocycles. The molecule has 1 fully saturated rings. The number of hydrogen-bond acceptors (Lipinski definition) is 6. The third-order valence-electron chi connectivity index (χ3n) is 3.29. The van der Waals surface area contributed by atoms with Gasteiger partial charge in [-0.2, -0.15) is 0 Å². The zero-order valence-corrected chi connectivity index (χ0v) is 15.9. The zero-order valence-electron chi connectivity index (χ0n) is 14.3. The molecule has 140 valence electrons. The molecule has 1 aliphatic heterocycles. The molecule has 0 bridgehead atoms. The number of benzene rings is 1. The highest BCUT2D eigenvalue weighted by atomic mass is 35.5. The molecular formula is C17H18ClNO6S. The molecule has 1 N–H and O–H groups in total. The van der Waals surface area contributed by atoms with Crippen molar-refractivity contribution in [3.05, 3.63) is 27.6 Å². The molecule has 0 saturated carbocycles. The van der Waals surface area contributed by atoms with E-state index in [-0.39, 0.29) is 27.7 Å². The number of rotatable bonds is 8. The lowest BCUT2D eigenvalue weighted by molar-refractivity contribution is -0.139. The Morgan fingerprint density at radius 2 is 2.04 bits per heavy atom. The Bertz CT molecular complexity index is 764. The second-order valence-electron chi connectivity index (χ2n) is 5.28. The quantitative estimate of drug-likeness (QED) is 0.667. The summed E-state index contributed by atoms with van der Waals surface area (Å²) >= 11 is 7.05. The number of hydrogen-bond donors (Lipinski definition) is 1. The number of nitrogens with zero attached hydrogens (tertiary/aromatic N) is 1. The fourth-order valence-electron chi connectivity index (χ4n) is 2.28. The van der Waals surface area contributed by atoms with Gasteiger partial charge in [-0.1, -0.05) is 18.5 Å². The van der Waals surface area contributed by atoms with Crippen molar-refractivity contribution in [3.8, 4) is 11.5 Å². The van der Waals surface area contributed by atoms with Gasteiger partial charge in [0.1, 0.15) is 0 Å². The maximum atomic E-state index is 12.3. The molecule has 0 aromatic heterocycles. The van der Waals surface area contributed by atoms with Crippen LogP contribution in [0.4, 0.5) is 4.79 Å². The third kappa shape index (κ3) is 4.70. The first-order valence-electron chi connectivity index (χ1n) is 7.93. The minimum atomic E-state index is -1.14. The largest absolute Gasteiger partial charge is 0.490 e. The average molecular weight is 400 g/mol. The molecule has 1 heterocycles. The first-order valence-corrected chi connectivity index (χ1v) is 9.13. The molecular weight excluding hydrogens is 382 g/mol. The Labute approximate surface area is 159 Å². The van der Waals surface area contributed by atoms with Gasteiger partial charge in [-0.25, -0.2) is 4.79 Å². The van der Waals surface area contributed by atoms with Gasteiger partial charge >= 0.3 is 5.97 Å². The van der Waals surface area contributed by atoms with Gasteiger partial charge in [-0.15, -0.1) is 0 Å². The van der Waals surface area contributed by atoms with Crippen molar-refractivity contribution in [2.75, 3.05) is 19.8 Å². The van der Waals surface area contributed by atoms with Crippen LogP contribution in [0.5, 0.6) is 11.5 Å². The highest BCUT2D eigenvalue weighted by Gasteiger charge is 2.34. The van der Waals surface area contributed by atoms with Crippen molar-refractivity contribution in [3.63, 3.8) is 0 Å². The molecule has 1 saturated heterocycles. The maximum Gasteiger partial charge on any atom is 0.341 e. The summed E-state index contributed by atoms with van der Waals surface area (Å²) in [6.45, 7) is 3.77. The van der Waals surface area contributed by atoms with Crippen LogP contribution in [0.15, 0.2) is 17.0 Å². The number of aliphatic carboxylic acids is 1. The Hall–Kier alpha value is -2.19. The molecule has 0 radical (unpaired) electrons. The summed E-state index contributed by atoms with van der Waals surface area (Å²) in [6.07, 6.45) is 2.23. The SMILES string of the molecule is CCCN1C(=O)S/C(=C/c2cc(Cl)c(OCC(=O)O)c(OCC)c2)C1=O. The van der Waals surface area contributed by atoms with Crippen molar-refractivity contribution in [1.82, 2.24) is 4.90 Å². The van der Waals surface area contributed by atoms with Gasteiger partial charge in [0.25, 0.3) is 11.1 Å². The Morgan fingerprint density at radius 3 is 2.65 bits per heavy atom. The van der Waals surface area contributed by atoms with Crippen LogP contribution in [0.3, 0.4) is 0 Å². The number of carboxylic acids is 1. The van der Waals surface area contributed by atoms with Crippen molar-refractivity contribution in [2.45, 2.75) is 20.3 Å². The standard InChI is InChI=1S/C17H18ClNO6S/c1-3-5-19-16(22)13(26-17(19)23)8-10-6-11(18)15(25-9-14(20)21)12(7-10)24-4-2/h6-8H,3-5,9H2,1-2H3,(H,20,21)/b13-8+. The number of carbonyl (C=O) groups is 3. The summed E-state index contributed by atoms with van der Waals surface area (Å²) in [5.41, 5.74) is 0.545. The number of ether oxygens (including phenoxy) is 2. The van der Waals surface area contributed by atoms with Gasteiger partial charge < -0.3 is 14.6 Å². The lowest BCUT2D eigenvalue weighted by Gasteiger charge is -2.13. The van der Waals surface area contributed by atoms with Crippen molar-refractivity contribution < 1.29 is 29.0 Å². The van der Waals surface area contributed by atoms with E-state index in [1.807, 2.05) is 6.92 Å². The molecule has 2 rings (SSSR count). The maximum absolute atomic E-state index is 12.3. The third-order valence-corrected chi connectivity index (χ3v) is 4.48. The normalized spacial score (nSPS) is 15.7. The van der Waals surface area contributed by atoms with Crippen molar-refractivity contribution in [2.24, 2.45) is 0 Å². The van der Waals surface area contributed by atoms with E-state index in [2.05, 4.69) is 0 Å². The Kier molecular flexibility index (Phi) is 6.93. The highest BCUT2D eigenvalue weighted by Crippen LogP contribution is 2.39. The van der Waals surface area contributed by atoms with E-state index < -0.39 is 12.6 Å². The summed E-state index contributed by atoms with van der Waals surface area (Å²) in [5.74, 6) is -1.10. The van der Waals surface area contributed by atoms with E-state index in [9.17, 15) is 14.4 Å². The summed E-state index contributed by atoms with van der Waals surface area (Å²) in [6, 6.07) is 3.11. The minimum absolute atomic E-state index is 0.118. The van der Waals surface area contributed by atoms with Crippen LogP contribution in [-0.2, 0) is 9.59 Å². The van der Waals surface area contributed by atoms with Crippen LogP contribution < -0.4 is 9.47 Å². The van der Waals surface area contributed by atoms with Gasteiger partial charge in [-0.05, 0) is 48.9 Å². The van der Waals surface area contributed by atoms with Crippen LogP contribution >= 0.6 is 23.4 Å². The van der Waals surface area contributed by atoms with Gasteiger partial charge in [-0.3, -0.25) is 14.5 Å². The van der Waals surface area contributed by atoms with Crippen LogP contribution in [0.1, 0.15) is 25.8 Å². The minimum Gasteiger partial charge on any atom is -0.490 e. The first-order chi connectivity index (χ1) is 12.4. The van der Waals surface area contributed by atoms with Crippen LogP contribution in [0.2, 0.25) is 5.02 Å². The van der Waals surface area contributed by atoms with Crippen LogP contribution in [-0.4, -0.2) is 46.9 Å². The molecule has 0 unspecified atom stereocenters. The summed E-state index contributed by atoms with van der Waals surface area (Å²) in [5, 5.41) is 8.60. The number of halogens is 1. The summed E-state index contributed by atoms with van der Waals surface area (Å²) < 4.78 is 10.6. The Morgan fingerprint density at radius 1 is 1.31 bits per heavy atom. The van der Waals surface area contributed by atoms with Crippen LogP contribution in [0.25, 0.3) is 6.08 Å². The molecule has 0 atom stereocenters. The van der Waals surface area contributed by atoms with E-state index in [0.29, 0.717) is 30.0 Å². The van der Waals surface area contributed by atoms with Gasteiger partial charge in [0.2, 0.25) is 0 Å². The molecule has 26 heavy (non-hydrogen) atoms. The molecule has 9 heteroatoms. The number of thioether (sulfide) groups is 1. The molecule has 1 aromatic rings. The van der Waals surface area contributed by atoms with E-state index in [1.54, 1.807) is 19.1 Å². The second-order valence-corrected chi connectivity index (χ2v) is 6.68. The molecule has 0 spiro atoms. The average Bonchev–Trinajstić information content (AvgIpc) is 2.82. The number of carboxylic acid groups (broad SMARTS) is 1. The predicted octanol–water partition coefficient (Wildman–Crippen LogP) is 3.65. The molecule has 7 nitrogen and oxygen atoms in total. The summed E-state index contributed by atoms with van der Waals surface area (Å²) in [7, 11) is 0. The monoisotopic (exact) mass is 399 g/mol. The summed E-state index contributed by atoms with van der Waals surface area (Å²) in [4.78, 5) is 36.4. The second kappa shape index (κ2) is 8.95. The number of carbonyl (C=O) groups excluding carboxylic acids is 2. The molecule has 1 aliphatic rings. The highest BCUT2D eigenvalue weighted by molar-refractivity contribution is 8.18. The van der Waals surface area contributed by atoms with Crippen molar-refractivity contribution >= 4 is 46.6 Å². The topological polar surface area (TPSA) is 93.1 Å². The van der Waals surface area contributed by atoms with E-state index >= 15 is 0 Å².